The van der Waals surface area contributed by atoms with Crippen LogP contribution in [0, 0.1) is 0 Å². The molecule has 0 heterocycles. The number of halogens is 20. The summed E-state index contributed by atoms with van der Waals surface area (Å²) in [6.45, 7) is -1.67. The molecule has 0 spiro atoms. The first-order valence-electron chi connectivity index (χ1n) is 9.57. The smallest absolute Gasteiger partial charge is 0.377 e. The maximum absolute atomic E-state index is 14.0. The van der Waals surface area contributed by atoms with Crippen molar-refractivity contribution in [2.24, 2.45) is 0 Å². The fourth-order valence-corrected chi connectivity index (χ4v) is 4.44. The van der Waals surface area contributed by atoms with Crippen LogP contribution in [0.2, 0.25) is 6.04 Å². The normalized spacial score (nSPS) is 17.7. The summed E-state index contributed by atoms with van der Waals surface area (Å²) < 4.78 is 285. The fourth-order valence-electron chi connectivity index (χ4n) is 2.71. The summed E-state index contributed by atoms with van der Waals surface area (Å²) in [5.41, 5.74) is -6.97. The maximum Gasteiger partial charge on any atom is 0.500 e. The van der Waals surface area contributed by atoms with E-state index in [1.54, 1.807) is 0 Å². The third kappa shape index (κ3) is 5.11. The SMILES string of the molecule is CO[Si](CCC(F)(F)C(F)(F)C(F)(F)C(F)(F)C(F)(F)C(F)(F)C(F)(F)C(F)(F)C(C)(F)C(F)(F)F)(OC)OC. The molecule has 242 valence electrons. The Morgan fingerprint density at radius 2 is 0.675 bits per heavy atom. The van der Waals surface area contributed by atoms with Crippen molar-refractivity contribution in [3.63, 3.8) is 0 Å². The molecule has 0 aliphatic heterocycles. The summed E-state index contributed by atoms with van der Waals surface area (Å²) in [5, 5.41) is 0. The Morgan fingerprint density at radius 3 is 0.925 bits per heavy atom. The van der Waals surface area contributed by atoms with E-state index in [2.05, 4.69) is 13.3 Å². The Kier molecular flexibility index (Phi) is 10.1. The van der Waals surface area contributed by atoms with Gasteiger partial charge in [0, 0.05) is 33.8 Å². The van der Waals surface area contributed by atoms with E-state index in [4.69, 9.17) is 0 Å². The standard InChI is InChI=1S/C16H16F20O3Si/c1-7(17,16(34,35)36)9(20,21)11(24,25)13(28,29)15(32,33)14(30,31)12(26,27)10(22,23)8(18,19)5-6-40(37-2,38-3)39-4/h5-6H2,1-4H3. The van der Waals surface area contributed by atoms with Crippen molar-refractivity contribution in [2.75, 3.05) is 21.3 Å². The van der Waals surface area contributed by atoms with Gasteiger partial charge < -0.3 is 13.3 Å². The Balaban J connectivity index is 6.93. The minimum absolute atomic E-state index is 0.609. The molecular weight excluding hydrogens is 648 g/mol. The van der Waals surface area contributed by atoms with Gasteiger partial charge >= 0.3 is 62.4 Å². The number of hydrogen-bond donors (Lipinski definition) is 0. The predicted molar refractivity (Wildman–Crippen MR) is 91.3 cm³/mol. The molecule has 0 aromatic rings. The van der Waals surface area contributed by atoms with Crippen LogP contribution in [0.15, 0.2) is 0 Å². The Morgan fingerprint density at radius 1 is 0.425 bits per heavy atom. The summed E-state index contributed by atoms with van der Waals surface area (Å²) in [4.78, 5) is 0. The molecule has 0 aliphatic carbocycles. The van der Waals surface area contributed by atoms with Crippen molar-refractivity contribution >= 4 is 8.80 Å². The number of rotatable bonds is 14. The molecule has 3 nitrogen and oxygen atoms in total. The molecular formula is C16H16F20O3Si. The van der Waals surface area contributed by atoms with E-state index < -0.39 is 87.4 Å². The van der Waals surface area contributed by atoms with Gasteiger partial charge in [-0.3, -0.25) is 0 Å². The van der Waals surface area contributed by atoms with Gasteiger partial charge in [-0.15, -0.1) is 0 Å². The minimum Gasteiger partial charge on any atom is -0.377 e. The van der Waals surface area contributed by atoms with Crippen LogP contribution in [0.25, 0.3) is 0 Å². The molecule has 0 aromatic heterocycles. The molecule has 0 rings (SSSR count). The van der Waals surface area contributed by atoms with Gasteiger partial charge in [0.2, 0.25) is 0 Å². The lowest BCUT2D eigenvalue weighted by Gasteiger charge is -2.45. The minimum atomic E-state index is -9.00. The van der Waals surface area contributed by atoms with Gasteiger partial charge in [-0.25, -0.2) is 4.39 Å². The average molecular weight is 664 g/mol. The van der Waals surface area contributed by atoms with E-state index in [1.807, 2.05) is 0 Å². The molecule has 40 heavy (non-hydrogen) atoms. The Hall–Kier alpha value is -1.30. The van der Waals surface area contributed by atoms with E-state index in [9.17, 15) is 87.8 Å². The molecule has 0 saturated heterocycles. The highest BCUT2D eigenvalue weighted by atomic mass is 28.4. The van der Waals surface area contributed by atoms with Gasteiger partial charge in [0.05, 0.1) is 0 Å². The zero-order chi connectivity index (χ0) is 33.0. The molecule has 0 amide bonds. The monoisotopic (exact) mass is 664 g/mol. The van der Waals surface area contributed by atoms with Crippen LogP contribution in [0.5, 0.6) is 0 Å². The Bertz CT molecular complexity index is 871. The molecule has 0 fully saturated rings. The quantitative estimate of drug-likeness (QED) is 0.141. The topological polar surface area (TPSA) is 27.7 Å². The third-order valence-corrected chi connectivity index (χ3v) is 8.35. The van der Waals surface area contributed by atoms with E-state index in [0.29, 0.717) is 21.3 Å². The molecule has 0 radical (unpaired) electrons. The van der Waals surface area contributed by atoms with Crippen LogP contribution in [0.1, 0.15) is 13.3 Å². The van der Waals surface area contributed by atoms with Crippen LogP contribution >= 0.6 is 0 Å². The lowest BCUT2D eigenvalue weighted by atomic mass is 9.83. The Labute approximate surface area is 211 Å². The lowest BCUT2D eigenvalue weighted by molar-refractivity contribution is -0.464. The molecule has 0 bridgehead atoms. The van der Waals surface area contributed by atoms with Crippen molar-refractivity contribution in [1.82, 2.24) is 0 Å². The van der Waals surface area contributed by atoms with Gasteiger partial charge in [0.15, 0.2) is 0 Å². The van der Waals surface area contributed by atoms with Crippen molar-refractivity contribution in [3.8, 4) is 0 Å². The van der Waals surface area contributed by atoms with Crippen LogP contribution in [-0.4, -0.2) is 89.4 Å². The van der Waals surface area contributed by atoms with Crippen LogP contribution < -0.4 is 0 Å². The van der Waals surface area contributed by atoms with E-state index >= 15 is 0 Å². The summed E-state index contributed by atoms with van der Waals surface area (Å²) in [7, 11) is -2.65. The zero-order valence-electron chi connectivity index (χ0n) is 19.7. The number of alkyl halides is 20. The van der Waals surface area contributed by atoms with E-state index in [-0.39, 0.29) is 0 Å². The summed E-state index contributed by atoms with van der Waals surface area (Å²) >= 11 is 0. The summed E-state index contributed by atoms with van der Waals surface area (Å²) in [6, 6.07) is -1.70. The van der Waals surface area contributed by atoms with Gasteiger partial charge in [0.25, 0.3) is 5.67 Å². The number of hydrogen-bond acceptors (Lipinski definition) is 3. The lowest BCUT2D eigenvalue weighted by Crippen LogP contribution is -2.77. The molecule has 0 N–H and O–H groups in total. The highest BCUT2D eigenvalue weighted by molar-refractivity contribution is 6.60. The van der Waals surface area contributed by atoms with Crippen molar-refractivity contribution < 1.29 is 101 Å². The van der Waals surface area contributed by atoms with Crippen LogP contribution in [-0.2, 0) is 13.3 Å². The van der Waals surface area contributed by atoms with Crippen LogP contribution in [0.3, 0.4) is 0 Å². The highest BCUT2D eigenvalue weighted by Crippen LogP contribution is 2.66. The average Bonchev–Trinajstić information content (AvgIpc) is 2.78. The van der Waals surface area contributed by atoms with Crippen LogP contribution in [0.4, 0.5) is 87.8 Å². The second-order valence-corrected chi connectivity index (χ2v) is 11.1. The van der Waals surface area contributed by atoms with Gasteiger partial charge in [-0.2, -0.15) is 83.4 Å². The molecule has 0 aromatic carbocycles. The van der Waals surface area contributed by atoms with Gasteiger partial charge in [-0.1, -0.05) is 0 Å². The van der Waals surface area contributed by atoms with Gasteiger partial charge in [0.1, 0.15) is 0 Å². The van der Waals surface area contributed by atoms with Gasteiger partial charge in [-0.05, 0) is 6.92 Å². The fraction of sp³-hybridized carbons (Fsp3) is 1.00. The molecule has 0 saturated carbocycles. The molecule has 24 heteroatoms. The zero-order valence-corrected chi connectivity index (χ0v) is 20.7. The summed E-state index contributed by atoms with van der Waals surface area (Å²) in [5.74, 6) is -66.9. The maximum atomic E-state index is 14.0. The van der Waals surface area contributed by atoms with E-state index in [0.717, 1.165) is 0 Å². The molecule has 1 unspecified atom stereocenters. The first-order chi connectivity index (χ1) is 17.1. The summed E-state index contributed by atoms with van der Waals surface area (Å²) in [6.07, 6.45) is -10.1. The first kappa shape index (κ1) is 38.7. The first-order valence-corrected chi connectivity index (χ1v) is 11.5. The second kappa shape index (κ2) is 10.5. The highest BCUT2D eigenvalue weighted by Gasteiger charge is 2.96. The molecule has 1 atom stereocenters. The van der Waals surface area contributed by atoms with E-state index in [1.165, 1.54) is 0 Å². The largest absolute Gasteiger partial charge is 0.500 e. The van der Waals surface area contributed by atoms with Crippen molar-refractivity contribution in [3.05, 3.63) is 0 Å². The molecule has 0 aliphatic rings. The van der Waals surface area contributed by atoms with Crippen molar-refractivity contribution in [1.29, 1.82) is 0 Å². The third-order valence-electron chi connectivity index (χ3n) is 5.63. The predicted octanol–water partition coefficient (Wildman–Crippen LogP) is 7.63. The second-order valence-electron chi connectivity index (χ2n) is 8.02. The van der Waals surface area contributed by atoms with Crippen molar-refractivity contribution in [2.45, 2.75) is 78.6 Å².